The standard InChI is InChI=1S/C16H19NO5S/c1-9(2)22-16(21)12-7-8-23-14(12)17-13(18)10-5-3-4-6-11(10)15(19)20/h3-4,7-11H,5-6H2,1-2H3,(H,17,18)(H,19,20). The van der Waals surface area contributed by atoms with Crippen molar-refractivity contribution in [2.24, 2.45) is 11.8 Å². The van der Waals surface area contributed by atoms with Gasteiger partial charge in [0.1, 0.15) is 5.00 Å². The molecule has 2 N–H and O–H groups in total. The van der Waals surface area contributed by atoms with E-state index >= 15 is 0 Å². The molecule has 1 heterocycles. The van der Waals surface area contributed by atoms with E-state index in [9.17, 15) is 19.5 Å². The summed E-state index contributed by atoms with van der Waals surface area (Å²) in [7, 11) is 0. The van der Waals surface area contributed by atoms with Crippen LogP contribution in [0, 0.1) is 11.8 Å². The maximum atomic E-state index is 12.4. The molecule has 0 radical (unpaired) electrons. The van der Waals surface area contributed by atoms with E-state index in [0.29, 0.717) is 17.8 Å². The molecule has 1 amide bonds. The number of hydrogen-bond acceptors (Lipinski definition) is 5. The Bertz CT molecular complexity index is 634. The van der Waals surface area contributed by atoms with E-state index < -0.39 is 23.8 Å². The lowest BCUT2D eigenvalue weighted by Crippen LogP contribution is -2.34. The van der Waals surface area contributed by atoms with Crippen molar-refractivity contribution in [3.8, 4) is 0 Å². The summed E-state index contributed by atoms with van der Waals surface area (Å²) in [6.45, 7) is 3.49. The zero-order valence-electron chi connectivity index (χ0n) is 12.9. The van der Waals surface area contributed by atoms with Crippen molar-refractivity contribution in [3.63, 3.8) is 0 Å². The lowest BCUT2D eigenvalue weighted by atomic mass is 9.82. The fraction of sp³-hybridized carbons (Fsp3) is 0.438. The van der Waals surface area contributed by atoms with Crippen molar-refractivity contribution in [2.45, 2.75) is 32.8 Å². The van der Waals surface area contributed by atoms with Crippen LogP contribution < -0.4 is 5.32 Å². The Labute approximate surface area is 138 Å². The van der Waals surface area contributed by atoms with Crippen LogP contribution in [-0.2, 0) is 14.3 Å². The summed E-state index contributed by atoms with van der Waals surface area (Å²) in [6.07, 6.45) is 4.04. The number of thiophene rings is 1. The molecule has 1 aliphatic carbocycles. The van der Waals surface area contributed by atoms with Gasteiger partial charge in [-0.25, -0.2) is 4.79 Å². The first-order valence-electron chi connectivity index (χ1n) is 7.37. The van der Waals surface area contributed by atoms with Crippen LogP contribution in [0.3, 0.4) is 0 Å². The highest BCUT2D eigenvalue weighted by Gasteiger charge is 2.34. The maximum absolute atomic E-state index is 12.4. The number of rotatable bonds is 5. The maximum Gasteiger partial charge on any atom is 0.341 e. The van der Waals surface area contributed by atoms with E-state index in [1.807, 2.05) is 6.08 Å². The molecule has 2 unspecified atom stereocenters. The lowest BCUT2D eigenvalue weighted by molar-refractivity contribution is -0.146. The van der Waals surface area contributed by atoms with Gasteiger partial charge < -0.3 is 15.2 Å². The van der Waals surface area contributed by atoms with Crippen LogP contribution >= 0.6 is 11.3 Å². The predicted molar refractivity (Wildman–Crippen MR) is 86.5 cm³/mol. The summed E-state index contributed by atoms with van der Waals surface area (Å²) >= 11 is 1.21. The van der Waals surface area contributed by atoms with Crippen LogP contribution in [0.5, 0.6) is 0 Å². The number of carboxylic acids is 1. The normalized spacial score (nSPS) is 20.3. The van der Waals surface area contributed by atoms with Gasteiger partial charge in [-0.05, 0) is 38.1 Å². The molecule has 0 saturated heterocycles. The summed E-state index contributed by atoms with van der Waals surface area (Å²) in [6, 6.07) is 1.58. The van der Waals surface area contributed by atoms with Crippen molar-refractivity contribution in [1.29, 1.82) is 0 Å². The lowest BCUT2D eigenvalue weighted by Gasteiger charge is -2.24. The van der Waals surface area contributed by atoms with Gasteiger partial charge in [0.25, 0.3) is 0 Å². The number of allylic oxidation sites excluding steroid dienone is 2. The van der Waals surface area contributed by atoms with Crippen molar-refractivity contribution in [2.75, 3.05) is 5.32 Å². The summed E-state index contributed by atoms with van der Waals surface area (Å²) < 4.78 is 5.13. The molecule has 1 aromatic heterocycles. The van der Waals surface area contributed by atoms with Crippen LogP contribution in [0.4, 0.5) is 5.00 Å². The van der Waals surface area contributed by atoms with Gasteiger partial charge in [-0.3, -0.25) is 9.59 Å². The quantitative estimate of drug-likeness (QED) is 0.636. The summed E-state index contributed by atoms with van der Waals surface area (Å²) in [5.41, 5.74) is 0.287. The molecule has 1 aromatic rings. The molecule has 0 saturated carbocycles. The number of ether oxygens (including phenoxy) is 1. The van der Waals surface area contributed by atoms with Crippen molar-refractivity contribution >= 4 is 34.2 Å². The summed E-state index contributed by atoms with van der Waals surface area (Å²) in [4.78, 5) is 35.7. The molecule has 1 aliphatic rings. The van der Waals surface area contributed by atoms with E-state index in [2.05, 4.69) is 5.32 Å². The Morgan fingerprint density at radius 3 is 2.52 bits per heavy atom. The first kappa shape index (κ1) is 17.2. The molecule has 124 valence electrons. The van der Waals surface area contributed by atoms with Crippen LogP contribution in [0.25, 0.3) is 0 Å². The Morgan fingerprint density at radius 1 is 1.26 bits per heavy atom. The van der Waals surface area contributed by atoms with E-state index in [-0.39, 0.29) is 17.6 Å². The second-order valence-corrected chi connectivity index (χ2v) is 6.52. The van der Waals surface area contributed by atoms with Gasteiger partial charge in [0.05, 0.1) is 23.5 Å². The van der Waals surface area contributed by atoms with E-state index in [0.717, 1.165) is 0 Å². The zero-order valence-corrected chi connectivity index (χ0v) is 13.8. The topological polar surface area (TPSA) is 92.7 Å². The Hall–Kier alpha value is -2.15. The third-order valence-corrected chi connectivity index (χ3v) is 4.38. The monoisotopic (exact) mass is 337 g/mol. The number of carbonyl (C=O) groups excluding carboxylic acids is 2. The number of aliphatic carboxylic acids is 1. The molecule has 0 fully saturated rings. The number of anilines is 1. The van der Waals surface area contributed by atoms with Crippen molar-refractivity contribution < 1.29 is 24.2 Å². The molecule has 0 aliphatic heterocycles. The minimum absolute atomic E-state index is 0.258. The summed E-state index contributed by atoms with van der Waals surface area (Å²) in [5.74, 6) is -3.27. The van der Waals surface area contributed by atoms with Gasteiger partial charge in [-0.1, -0.05) is 12.2 Å². The zero-order chi connectivity index (χ0) is 17.0. The molecular formula is C16H19NO5S. The predicted octanol–water partition coefficient (Wildman–Crippen LogP) is 2.92. The molecule has 2 rings (SSSR count). The average molecular weight is 337 g/mol. The average Bonchev–Trinajstić information content (AvgIpc) is 2.94. The third-order valence-electron chi connectivity index (χ3n) is 3.55. The number of carbonyl (C=O) groups is 3. The van der Waals surface area contributed by atoms with E-state index in [1.54, 1.807) is 31.4 Å². The Kier molecular flexibility index (Phi) is 5.54. The second-order valence-electron chi connectivity index (χ2n) is 5.60. The fourth-order valence-electron chi connectivity index (χ4n) is 2.43. The molecule has 0 spiro atoms. The largest absolute Gasteiger partial charge is 0.481 e. The van der Waals surface area contributed by atoms with Gasteiger partial charge in [0.2, 0.25) is 5.91 Å². The minimum atomic E-state index is -0.986. The fourth-order valence-corrected chi connectivity index (χ4v) is 3.20. The SMILES string of the molecule is CC(C)OC(=O)c1ccsc1NC(=O)C1CC=CCC1C(=O)O. The molecule has 2 atom stereocenters. The summed E-state index contributed by atoms with van der Waals surface area (Å²) in [5, 5.41) is 14.0. The smallest absolute Gasteiger partial charge is 0.341 e. The number of hydrogen-bond donors (Lipinski definition) is 2. The highest BCUT2D eigenvalue weighted by atomic mass is 32.1. The van der Waals surface area contributed by atoms with Crippen LogP contribution in [-0.4, -0.2) is 29.1 Å². The number of amides is 1. The van der Waals surface area contributed by atoms with Crippen LogP contribution in [0.2, 0.25) is 0 Å². The molecule has 6 nitrogen and oxygen atoms in total. The molecular weight excluding hydrogens is 318 g/mol. The van der Waals surface area contributed by atoms with Gasteiger partial charge in [0, 0.05) is 0 Å². The Morgan fingerprint density at radius 2 is 1.91 bits per heavy atom. The molecule has 23 heavy (non-hydrogen) atoms. The van der Waals surface area contributed by atoms with Gasteiger partial charge in [-0.15, -0.1) is 11.3 Å². The number of nitrogens with one attached hydrogen (secondary N) is 1. The number of esters is 1. The van der Waals surface area contributed by atoms with E-state index in [1.165, 1.54) is 11.3 Å². The van der Waals surface area contributed by atoms with Crippen LogP contribution in [0.1, 0.15) is 37.0 Å². The second kappa shape index (κ2) is 7.41. The van der Waals surface area contributed by atoms with Gasteiger partial charge >= 0.3 is 11.9 Å². The molecule has 0 bridgehead atoms. The highest BCUT2D eigenvalue weighted by molar-refractivity contribution is 7.14. The van der Waals surface area contributed by atoms with Crippen LogP contribution in [0.15, 0.2) is 23.6 Å². The highest BCUT2D eigenvalue weighted by Crippen LogP contribution is 2.30. The Balaban J connectivity index is 2.12. The first-order valence-corrected chi connectivity index (χ1v) is 8.25. The van der Waals surface area contributed by atoms with Crippen molar-refractivity contribution in [3.05, 3.63) is 29.2 Å². The molecule has 7 heteroatoms. The molecule has 0 aromatic carbocycles. The minimum Gasteiger partial charge on any atom is -0.481 e. The van der Waals surface area contributed by atoms with Gasteiger partial charge in [0.15, 0.2) is 0 Å². The third kappa shape index (κ3) is 4.19. The van der Waals surface area contributed by atoms with Gasteiger partial charge in [-0.2, -0.15) is 0 Å². The first-order chi connectivity index (χ1) is 10.9. The number of carboxylic acid groups (broad SMARTS) is 1. The van der Waals surface area contributed by atoms with E-state index in [4.69, 9.17) is 4.74 Å². The van der Waals surface area contributed by atoms with Crippen molar-refractivity contribution in [1.82, 2.24) is 0 Å².